The number of nitro groups is 1. The minimum absolute atomic E-state index is 0.0181. The topological polar surface area (TPSA) is 72.2 Å². The molecular weight excluding hydrogens is 360 g/mol. The predicted octanol–water partition coefficient (Wildman–Crippen LogP) is 4.57. The van der Waals surface area contributed by atoms with E-state index in [1.54, 1.807) is 25.1 Å². The molecular formula is C14H10BrClN2O3. The number of rotatable bonds is 3. The average Bonchev–Trinajstić information content (AvgIpc) is 2.43. The lowest BCUT2D eigenvalue weighted by Crippen LogP contribution is -2.12. The lowest BCUT2D eigenvalue weighted by atomic mass is 10.1. The van der Waals surface area contributed by atoms with Crippen LogP contribution in [0.5, 0.6) is 0 Å². The van der Waals surface area contributed by atoms with Crippen LogP contribution in [0.3, 0.4) is 0 Å². The Morgan fingerprint density at radius 3 is 2.67 bits per heavy atom. The van der Waals surface area contributed by atoms with Gasteiger partial charge in [0.2, 0.25) is 0 Å². The summed E-state index contributed by atoms with van der Waals surface area (Å²) in [5, 5.41) is 13.9. The first-order valence-electron chi connectivity index (χ1n) is 5.90. The van der Waals surface area contributed by atoms with Crippen molar-refractivity contribution in [1.29, 1.82) is 0 Å². The number of amides is 1. The van der Waals surface area contributed by atoms with Crippen molar-refractivity contribution in [3.8, 4) is 0 Å². The van der Waals surface area contributed by atoms with E-state index in [1.165, 1.54) is 18.2 Å². The molecule has 0 aliphatic carbocycles. The van der Waals surface area contributed by atoms with Gasteiger partial charge in [0, 0.05) is 17.2 Å². The Hall–Kier alpha value is -1.92. The van der Waals surface area contributed by atoms with Gasteiger partial charge in [-0.25, -0.2) is 0 Å². The molecule has 0 unspecified atom stereocenters. The molecule has 2 aromatic carbocycles. The van der Waals surface area contributed by atoms with Gasteiger partial charge in [-0.15, -0.1) is 0 Å². The van der Waals surface area contributed by atoms with E-state index in [0.717, 1.165) is 0 Å². The fourth-order valence-electron chi connectivity index (χ4n) is 1.80. The van der Waals surface area contributed by atoms with Crippen LogP contribution in [0.2, 0.25) is 5.02 Å². The maximum Gasteiger partial charge on any atom is 0.272 e. The van der Waals surface area contributed by atoms with Crippen LogP contribution in [0, 0.1) is 17.0 Å². The molecule has 0 saturated heterocycles. The summed E-state index contributed by atoms with van der Waals surface area (Å²) in [6, 6.07) is 9.31. The van der Waals surface area contributed by atoms with E-state index < -0.39 is 4.92 Å². The molecule has 0 aliphatic rings. The van der Waals surface area contributed by atoms with Gasteiger partial charge >= 0.3 is 0 Å². The van der Waals surface area contributed by atoms with Gasteiger partial charge in [0.05, 0.1) is 20.1 Å². The standard InChI is InChI=1S/C14H10BrClN2O3/c1-8-7-9(5-6-12(8)18(20)21)14(19)17-11-4-2-3-10(16)13(11)15/h2-7H,1H3,(H,17,19). The number of nitrogens with zero attached hydrogens (tertiary/aromatic N) is 1. The molecule has 7 heteroatoms. The average molecular weight is 370 g/mol. The second-order valence-corrected chi connectivity index (χ2v) is 5.51. The zero-order chi connectivity index (χ0) is 15.6. The van der Waals surface area contributed by atoms with Crippen LogP contribution in [-0.4, -0.2) is 10.8 Å². The van der Waals surface area contributed by atoms with Crippen molar-refractivity contribution in [2.75, 3.05) is 5.32 Å². The van der Waals surface area contributed by atoms with Gasteiger partial charge in [-0.1, -0.05) is 17.7 Å². The Morgan fingerprint density at radius 1 is 1.33 bits per heavy atom. The summed E-state index contributed by atoms with van der Waals surface area (Å²) in [6.07, 6.45) is 0. The van der Waals surface area contributed by atoms with E-state index in [9.17, 15) is 14.9 Å². The summed E-state index contributed by atoms with van der Waals surface area (Å²) >= 11 is 9.24. The van der Waals surface area contributed by atoms with Crippen molar-refractivity contribution in [2.24, 2.45) is 0 Å². The molecule has 0 atom stereocenters. The largest absolute Gasteiger partial charge is 0.321 e. The molecule has 21 heavy (non-hydrogen) atoms. The highest BCUT2D eigenvalue weighted by Crippen LogP contribution is 2.30. The van der Waals surface area contributed by atoms with E-state index in [2.05, 4.69) is 21.2 Å². The summed E-state index contributed by atoms with van der Waals surface area (Å²) in [6.45, 7) is 1.59. The molecule has 0 bridgehead atoms. The number of aryl methyl sites for hydroxylation is 1. The van der Waals surface area contributed by atoms with Gasteiger partial charge in [0.15, 0.2) is 0 Å². The molecule has 108 valence electrons. The highest BCUT2D eigenvalue weighted by Gasteiger charge is 2.15. The smallest absolute Gasteiger partial charge is 0.272 e. The fraction of sp³-hybridized carbons (Fsp3) is 0.0714. The lowest BCUT2D eigenvalue weighted by Gasteiger charge is -2.09. The maximum absolute atomic E-state index is 12.2. The SMILES string of the molecule is Cc1cc(C(=O)Nc2cccc(Cl)c2Br)ccc1[N+](=O)[O-]. The molecule has 2 aromatic rings. The first-order valence-corrected chi connectivity index (χ1v) is 7.07. The third kappa shape index (κ3) is 3.40. The Labute approximate surface area is 134 Å². The number of anilines is 1. The van der Waals surface area contributed by atoms with Gasteiger partial charge in [0.1, 0.15) is 0 Å². The van der Waals surface area contributed by atoms with Gasteiger partial charge in [-0.2, -0.15) is 0 Å². The Bertz CT molecular complexity index is 734. The third-order valence-electron chi connectivity index (χ3n) is 2.86. The molecule has 0 saturated carbocycles. The van der Waals surface area contributed by atoms with Crippen LogP contribution >= 0.6 is 27.5 Å². The van der Waals surface area contributed by atoms with Gasteiger partial charge in [0.25, 0.3) is 11.6 Å². The molecule has 2 rings (SSSR count). The van der Waals surface area contributed by atoms with E-state index >= 15 is 0 Å². The summed E-state index contributed by atoms with van der Waals surface area (Å²) in [7, 11) is 0. The molecule has 5 nitrogen and oxygen atoms in total. The molecule has 0 radical (unpaired) electrons. The van der Waals surface area contributed by atoms with Crippen LogP contribution in [0.25, 0.3) is 0 Å². The van der Waals surface area contributed by atoms with E-state index in [1.807, 2.05) is 0 Å². The first kappa shape index (κ1) is 15.5. The lowest BCUT2D eigenvalue weighted by molar-refractivity contribution is -0.385. The van der Waals surface area contributed by atoms with E-state index in [-0.39, 0.29) is 11.6 Å². The minimum atomic E-state index is -0.482. The normalized spacial score (nSPS) is 10.2. The molecule has 1 N–H and O–H groups in total. The van der Waals surface area contributed by atoms with Crippen LogP contribution in [0.1, 0.15) is 15.9 Å². The number of carbonyl (C=O) groups is 1. The number of hydrogen-bond donors (Lipinski definition) is 1. The Balaban J connectivity index is 2.27. The number of halogens is 2. The summed E-state index contributed by atoms with van der Waals surface area (Å²) < 4.78 is 0.582. The Morgan fingerprint density at radius 2 is 2.05 bits per heavy atom. The quantitative estimate of drug-likeness (QED) is 0.636. The summed E-state index contributed by atoms with van der Waals surface area (Å²) in [5.41, 5.74) is 1.28. The number of nitro benzene ring substituents is 1. The van der Waals surface area contributed by atoms with Crippen molar-refractivity contribution in [2.45, 2.75) is 6.92 Å². The first-order chi connectivity index (χ1) is 9.90. The van der Waals surface area contributed by atoms with Crippen molar-refractivity contribution in [3.63, 3.8) is 0 Å². The minimum Gasteiger partial charge on any atom is -0.321 e. The van der Waals surface area contributed by atoms with Crippen LogP contribution in [0.15, 0.2) is 40.9 Å². The molecule has 1 amide bonds. The second kappa shape index (κ2) is 6.24. The third-order valence-corrected chi connectivity index (χ3v) is 4.25. The highest BCUT2D eigenvalue weighted by molar-refractivity contribution is 9.10. The molecule has 0 spiro atoms. The van der Waals surface area contributed by atoms with E-state index in [0.29, 0.717) is 26.3 Å². The van der Waals surface area contributed by atoms with Crippen LogP contribution in [0.4, 0.5) is 11.4 Å². The van der Waals surface area contributed by atoms with Crippen molar-refractivity contribution in [1.82, 2.24) is 0 Å². The number of carbonyl (C=O) groups excluding carboxylic acids is 1. The van der Waals surface area contributed by atoms with Crippen molar-refractivity contribution < 1.29 is 9.72 Å². The summed E-state index contributed by atoms with van der Waals surface area (Å²) in [4.78, 5) is 22.4. The van der Waals surface area contributed by atoms with Gasteiger partial charge in [-0.05, 0) is 47.1 Å². The number of nitrogens with one attached hydrogen (secondary N) is 1. The van der Waals surface area contributed by atoms with Gasteiger partial charge < -0.3 is 5.32 Å². The van der Waals surface area contributed by atoms with E-state index in [4.69, 9.17) is 11.6 Å². The van der Waals surface area contributed by atoms with Crippen LogP contribution in [-0.2, 0) is 0 Å². The van der Waals surface area contributed by atoms with Crippen molar-refractivity contribution in [3.05, 3.63) is 67.1 Å². The molecule has 0 heterocycles. The number of benzene rings is 2. The Kier molecular flexibility index (Phi) is 4.59. The second-order valence-electron chi connectivity index (χ2n) is 4.31. The monoisotopic (exact) mass is 368 g/mol. The predicted molar refractivity (Wildman–Crippen MR) is 84.9 cm³/mol. The van der Waals surface area contributed by atoms with Crippen LogP contribution < -0.4 is 5.32 Å². The zero-order valence-electron chi connectivity index (χ0n) is 10.9. The van der Waals surface area contributed by atoms with Crippen molar-refractivity contribution >= 4 is 44.8 Å². The number of hydrogen-bond acceptors (Lipinski definition) is 3. The summed E-state index contributed by atoms with van der Waals surface area (Å²) in [5.74, 6) is -0.365. The maximum atomic E-state index is 12.2. The fourth-order valence-corrected chi connectivity index (χ4v) is 2.33. The zero-order valence-corrected chi connectivity index (χ0v) is 13.2. The molecule has 0 aromatic heterocycles. The molecule has 0 aliphatic heterocycles. The van der Waals surface area contributed by atoms with Gasteiger partial charge in [-0.3, -0.25) is 14.9 Å². The molecule has 0 fully saturated rings. The highest BCUT2D eigenvalue weighted by atomic mass is 79.9.